The van der Waals surface area contributed by atoms with Crippen LogP contribution in [0.4, 0.5) is 9.52 Å². The smallest absolute Gasteiger partial charge is 0.266 e. The Hall–Kier alpha value is -2.56. The van der Waals surface area contributed by atoms with Crippen LogP contribution in [0, 0.1) is 5.82 Å². The summed E-state index contributed by atoms with van der Waals surface area (Å²) >= 11 is 5.72. The predicted molar refractivity (Wildman–Crippen MR) is 116 cm³/mol. The molecule has 6 nitrogen and oxygen atoms in total. The van der Waals surface area contributed by atoms with Crippen molar-refractivity contribution in [1.82, 2.24) is 14.5 Å². The number of benzene rings is 2. The van der Waals surface area contributed by atoms with Gasteiger partial charge in [0.25, 0.3) is 5.56 Å². The summed E-state index contributed by atoms with van der Waals surface area (Å²) in [6, 6.07) is 12.5. The number of hydrogen-bond acceptors (Lipinski definition) is 6. The van der Waals surface area contributed by atoms with Crippen molar-refractivity contribution in [2.24, 2.45) is 0 Å². The highest BCUT2D eigenvalue weighted by Gasteiger charge is 2.15. The number of thioether (sulfide) groups is 1. The molecule has 0 spiro atoms. The average molecular weight is 491 g/mol. The van der Waals surface area contributed by atoms with Crippen LogP contribution in [-0.4, -0.2) is 26.2 Å². The summed E-state index contributed by atoms with van der Waals surface area (Å²) in [6.07, 6.45) is 1.60. The lowest BCUT2D eigenvalue weighted by Crippen LogP contribution is -2.23. The number of carbonyl (C=O) groups is 1. The number of aromatic nitrogens is 3. The Balaban J connectivity index is 1.68. The number of amides is 1. The standard InChI is InChI=1S/C19H12BrFN4O2S2/c20-15-9-22-18(29-15)24-16(26)10-28-19-23-14-4-2-1-3-13(14)17(27)25(19)12-7-5-11(21)6-8-12/h1-9H,10H2,(H,22,24,26). The largest absolute Gasteiger partial charge is 0.301 e. The van der Waals surface area contributed by atoms with E-state index in [1.807, 2.05) is 0 Å². The molecule has 29 heavy (non-hydrogen) atoms. The van der Waals surface area contributed by atoms with Crippen molar-refractivity contribution in [3.05, 3.63) is 74.7 Å². The van der Waals surface area contributed by atoms with E-state index in [1.54, 1.807) is 30.5 Å². The highest BCUT2D eigenvalue weighted by molar-refractivity contribution is 9.11. The van der Waals surface area contributed by atoms with Gasteiger partial charge < -0.3 is 5.32 Å². The van der Waals surface area contributed by atoms with Gasteiger partial charge in [-0.2, -0.15) is 0 Å². The van der Waals surface area contributed by atoms with Gasteiger partial charge in [-0.05, 0) is 52.3 Å². The van der Waals surface area contributed by atoms with E-state index in [4.69, 9.17) is 0 Å². The lowest BCUT2D eigenvalue weighted by molar-refractivity contribution is -0.113. The van der Waals surface area contributed by atoms with Gasteiger partial charge in [0, 0.05) is 0 Å². The minimum atomic E-state index is -0.404. The normalized spacial score (nSPS) is 11.0. The summed E-state index contributed by atoms with van der Waals surface area (Å²) in [6.45, 7) is 0. The van der Waals surface area contributed by atoms with Crippen LogP contribution in [-0.2, 0) is 4.79 Å². The molecule has 0 bridgehead atoms. The molecule has 0 saturated carbocycles. The molecule has 0 atom stereocenters. The van der Waals surface area contributed by atoms with Crippen LogP contribution in [0.25, 0.3) is 16.6 Å². The van der Waals surface area contributed by atoms with Crippen molar-refractivity contribution in [3.8, 4) is 5.69 Å². The first-order valence-electron chi connectivity index (χ1n) is 8.33. The zero-order valence-corrected chi connectivity index (χ0v) is 17.9. The van der Waals surface area contributed by atoms with E-state index in [2.05, 4.69) is 31.2 Å². The molecule has 2 heterocycles. The summed E-state index contributed by atoms with van der Waals surface area (Å²) in [5, 5.41) is 3.97. The van der Waals surface area contributed by atoms with E-state index in [0.29, 0.717) is 26.9 Å². The number of nitrogens with zero attached hydrogens (tertiary/aromatic N) is 3. The molecule has 0 radical (unpaired) electrons. The van der Waals surface area contributed by atoms with E-state index in [1.165, 1.54) is 40.2 Å². The highest BCUT2D eigenvalue weighted by atomic mass is 79.9. The second-order valence-electron chi connectivity index (χ2n) is 5.83. The van der Waals surface area contributed by atoms with Crippen molar-refractivity contribution < 1.29 is 9.18 Å². The van der Waals surface area contributed by atoms with Crippen LogP contribution >= 0.6 is 39.0 Å². The lowest BCUT2D eigenvalue weighted by atomic mass is 10.2. The van der Waals surface area contributed by atoms with Crippen LogP contribution < -0.4 is 10.9 Å². The molecule has 0 aliphatic rings. The minimum Gasteiger partial charge on any atom is -0.301 e. The number of fused-ring (bicyclic) bond motifs is 1. The Bertz CT molecular complexity index is 1260. The molecule has 10 heteroatoms. The van der Waals surface area contributed by atoms with Crippen molar-refractivity contribution in [2.45, 2.75) is 5.16 Å². The van der Waals surface area contributed by atoms with Gasteiger partial charge >= 0.3 is 0 Å². The second-order valence-corrected chi connectivity index (χ2v) is 9.19. The lowest BCUT2D eigenvalue weighted by Gasteiger charge is -2.13. The van der Waals surface area contributed by atoms with Crippen molar-refractivity contribution in [1.29, 1.82) is 0 Å². The number of carbonyl (C=O) groups excluding carboxylic acids is 1. The van der Waals surface area contributed by atoms with Crippen LogP contribution in [0.1, 0.15) is 0 Å². The van der Waals surface area contributed by atoms with Gasteiger partial charge in [-0.15, -0.1) is 0 Å². The molecule has 2 aromatic carbocycles. The van der Waals surface area contributed by atoms with Crippen LogP contribution in [0.3, 0.4) is 0 Å². The molecule has 0 aliphatic carbocycles. The van der Waals surface area contributed by atoms with Crippen molar-refractivity contribution in [2.75, 3.05) is 11.1 Å². The summed E-state index contributed by atoms with van der Waals surface area (Å²) in [4.78, 5) is 34.0. The maximum atomic E-state index is 13.3. The molecule has 2 aromatic heterocycles. The van der Waals surface area contributed by atoms with E-state index >= 15 is 0 Å². The number of halogens is 2. The Labute approximate surface area is 180 Å². The minimum absolute atomic E-state index is 0.0309. The Morgan fingerprint density at radius 3 is 2.69 bits per heavy atom. The van der Waals surface area contributed by atoms with Crippen molar-refractivity contribution >= 4 is 61.0 Å². The predicted octanol–water partition coefficient (Wildman–Crippen LogP) is 4.47. The van der Waals surface area contributed by atoms with Gasteiger partial charge in [-0.1, -0.05) is 35.2 Å². The Morgan fingerprint density at radius 1 is 1.21 bits per heavy atom. The molecule has 0 fully saturated rings. The molecule has 1 amide bonds. The van der Waals surface area contributed by atoms with Gasteiger partial charge in [0.2, 0.25) is 5.91 Å². The first kappa shape index (κ1) is 19.7. The van der Waals surface area contributed by atoms with Gasteiger partial charge in [0.15, 0.2) is 10.3 Å². The summed E-state index contributed by atoms with van der Waals surface area (Å²) in [5.41, 5.74) is 0.720. The third-order valence-corrected chi connectivity index (χ3v) is 6.22. The number of thiazole rings is 1. The van der Waals surface area contributed by atoms with Crippen LogP contribution in [0.15, 0.2) is 68.5 Å². The third kappa shape index (κ3) is 4.39. The van der Waals surface area contributed by atoms with E-state index < -0.39 is 5.82 Å². The quantitative estimate of drug-likeness (QED) is 0.329. The van der Waals surface area contributed by atoms with Crippen LogP contribution in [0.5, 0.6) is 0 Å². The first-order chi connectivity index (χ1) is 14.0. The van der Waals surface area contributed by atoms with Crippen LogP contribution in [0.2, 0.25) is 0 Å². The number of anilines is 1. The molecule has 0 saturated heterocycles. The first-order valence-corrected chi connectivity index (χ1v) is 10.9. The number of hydrogen-bond donors (Lipinski definition) is 1. The van der Waals surface area contributed by atoms with Gasteiger partial charge in [-0.3, -0.25) is 14.2 Å². The monoisotopic (exact) mass is 490 g/mol. The van der Waals surface area contributed by atoms with Gasteiger partial charge in [-0.25, -0.2) is 14.4 Å². The number of nitrogens with one attached hydrogen (secondary N) is 1. The molecular weight excluding hydrogens is 479 g/mol. The molecule has 0 unspecified atom stereocenters. The van der Waals surface area contributed by atoms with E-state index in [9.17, 15) is 14.0 Å². The SMILES string of the molecule is O=C(CSc1nc2ccccc2c(=O)n1-c1ccc(F)cc1)Nc1ncc(Br)s1. The summed E-state index contributed by atoms with van der Waals surface area (Å²) in [5.74, 6) is -0.646. The average Bonchev–Trinajstić information content (AvgIpc) is 3.12. The fourth-order valence-electron chi connectivity index (χ4n) is 2.62. The maximum Gasteiger partial charge on any atom is 0.266 e. The third-order valence-electron chi connectivity index (χ3n) is 3.89. The number of para-hydroxylation sites is 1. The van der Waals surface area contributed by atoms with Gasteiger partial charge in [0.05, 0.1) is 32.3 Å². The fourth-order valence-corrected chi connectivity index (χ4v) is 4.56. The molecule has 146 valence electrons. The van der Waals surface area contributed by atoms with E-state index in [-0.39, 0.29) is 17.2 Å². The maximum absolute atomic E-state index is 13.3. The van der Waals surface area contributed by atoms with Gasteiger partial charge in [0.1, 0.15) is 5.82 Å². The van der Waals surface area contributed by atoms with Crippen molar-refractivity contribution in [3.63, 3.8) is 0 Å². The number of rotatable bonds is 5. The van der Waals surface area contributed by atoms with E-state index in [0.717, 1.165) is 15.5 Å². The fraction of sp³-hybridized carbons (Fsp3) is 0.0526. The summed E-state index contributed by atoms with van der Waals surface area (Å²) < 4.78 is 15.5. The second kappa shape index (κ2) is 8.44. The Kier molecular flexibility index (Phi) is 5.74. The molecular formula is C19H12BrFN4O2S2. The molecule has 4 rings (SSSR count). The zero-order valence-electron chi connectivity index (χ0n) is 14.6. The molecule has 4 aromatic rings. The Morgan fingerprint density at radius 2 is 1.97 bits per heavy atom. The summed E-state index contributed by atoms with van der Waals surface area (Å²) in [7, 11) is 0. The molecule has 0 aliphatic heterocycles. The zero-order chi connectivity index (χ0) is 20.4. The molecule has 1 N–H and O–H groups in total. The topological polar surface area (TPSA) is 76.9 Å². The highest BCUT2D eigenvalue weighted by Crippen LogP contribution is 2.25.